The SMILES string of the molecule is Cc1cccc([Si](C2=C(Cc3ccccc3)[C]([Ti+3])=CC2)(c2cccc(C)c2)c2cccc(C)c2)c1.[Cl-].[Cl-].[Cl-]. The van der Waals surface area contributed by atoms with Crippen LogP contribution in [0.1, 0.15) is 28.7 Å². The Kier molecular flexibility index (Phi) is 11.9. The third kappa shape index (κ3) is 6.31. The summed E-state index contributed by atoms with van der Waals surface area (Å²) in [4.78, 5) is 0. The molecule has 0 aromatic heterocycles. The fourth-order valence-electron chi connectivity index (χ4n) is 5.65. The Hall–Kier alpha value is -1.84. The Morgan fingerprint density at radius 2 is 1.05 bits per heavy atom. The van der Waals surface area contributed by atoms with Crippen molar-refractivity contribution in [3.63, 3.8) is 0 Å². The Morgan fingerprint density at radius 1 is 0.605 bits per heavy atom. The minimum Gasteiger partial charge on any atom is -1.00 e. The van der Waals surface area contributed by atoms with Crippen LogP contribution in [0.4, 0.5) is 0 Å². The van der Waals surface area contributed by atoms with Gasteiger partial charge in [0.25, 0.3) is 0 Å². The second kappa shape index (κ2) is 14.0. The summed E-state index contributed by atoms with van der Waals surface area (Å²) in [5, 5.41) is 6.09. The summed E-state index contributed by atoms with van der Waals surface area (Å²) in [7, 11) is -2.52. The first-order chi connectivity index (χ1) is 17.0. The monoisotopic (exact) mass is 608 g/mol. The zero-order chi connectivity index (χ0) is 24.4. The van der Waals surface area contributed by atoms with Gasteiger partial charge in [-0.15, -0.1) is 0 Å². The molecule has 1 aliphatic rings. The van der Waals surface area contributed by atoms with Crippen molar-refractivity contribution in [1.82, 2.24) is 0 Å². The number of aryl methyl sites for hydroxylation is 3. The van der Waals surface area contributed by atoms with Gasteiger partial charge in [-0.25, -0.2) is 0 Å². The van der Waals surface area contributed by atoms with Crippen molar-refractivity contribution in [1.29, 1.82) is 0 Å². The van der Waals surface area contributed by atoms with Gasteiger partial charge < -0.3 is 37.2 Å². The molecular weight excluding hydrogens is 579 g/mol. The largest absolute Gasteiger partial charge is 1.00 e. The summed E-state index contributed by atoms with van der Waals surface area (Å²) in [5.74, 6) is 0. The Balaban J connectivity index is 0.00000169. The summed E-state index contributed by atoms with van der Waals surface area (Å²) >= 11 is 2.31. The van der Waals surface area contributed by atoms with Crippen LogP contribution in [-0.4, -0.2) is 8.07 Å². The molecule has 5 rings (SSSR count). The maximum atomic E-state index is 2.47. The number of benzene rings is 4. The first-order valence-electron chi connectivity index (χ1n) is 12.4. The van der Waals surface area contributed by atoms with Crippen molar-refractivity contribution in [3.8, 4) is 0 Å². The molecule has 0 fully saturated rings. The number of hydrogen-bond acceptors (Lipinski definition) is 0. The van der Waals surface area contributed by atoms with E-state index in [-0.39, 0.29) is 37.2 Å². The Bertz CT molecular complexity index is 1330. The van der Waals surface area contributed by atoms with Gasteiger partial charge in [0.1, 0.15) is 0 Å². The third-order valence-corrected chi connectivity index (χ3v) is 13.0. The van der Waals surface area contributed by atoms with Gasteiger partial charge in [0, 0.05) is 0 Å². The molecule has 0 radical (unpaired) electrons. The second-order valence-electron chi connectivity index (χ2n) is 9.80. The second-order valence-corrected chi connectivity index (χ2v) is 14.5. The predicted molar refractivity (Wildman–Crippen MR) is 148 cm³/mol. The molecule has 0 N–H and O–H groups in total. The molecule has 5 heteroatoms. The first kappa shape index (κ1) is 32.4. The molecule has 38 heavy (non-hydrogen) atoms. The topological polar surface area (TPSA) is 0 Å². The average Bonchev–Trinajstić information content (AvgIpc) is 3.21. The van der Waals surface area contributed by atoms with Crippen molar-refractivity contribution >= 4 is 23.6 Å². The number of allylic oxidation sites excluding steroid dienone is 4. The molecule has 0 heterocycles. The van der Waals surface area contributed by atoms with Gasteiger partial charge in [0.05, 0.1) is 0 Å². The van der Waals surface area contributed by atoms with E-state index in [2.05, 4.69) is 150 Å². The van der Waals surface area contributed by atoms with Crippen molar-refractivity contribution < 1.29 is 57.7 Å². The van der Waals surface area contributed by atoms with E-state index in [0.29, 0.717) is 0 Å². The molecule has 0 nitrogen and oxygen atoms in total. The van der Waals surface area contributed by atoms with Crippen molar-refractivity contribution in [2.75, 3.05) is 0 Å². The van der Waals surface area contributed by atoms with Crippen LogP contribution >= 0.6 is 0 Å². The van der Waals surface area contributed by atoms with E-state index < -0.39 is 8.07 Å². The molecule has 0 aliphatic heterocycles. The quantitative estimate of drug-likeness (QED) is 0.162. The van der Waals surface area contributed by atoms with Crippen molar-refractivity contribution in [2.24, 2.45) is 0 Å². The van der Waals surface area contributed by atoms with Crippen molar-refractivity contribution in [3.05, 3.63) is 146 Å². The number of hydrogen-bond donors (Lipinski definition) is 0. The third-order valence-electron chi connectivity index (χ3n) is 7.23. The molecule has 0 saturated heterocycles. The minimum absolute atomic E-state index is 0. The fraction of sp³-hybridized carbons (Fsp3) is 0.152. The summed E-state index contributed by atoms with van der Waals surface area (Å²) in [6.07, 6.45) is 4.48. The number of rotatable bonds is 6. The molecule has 0 atom stereocenters. The van der Waals surface area contributed by atoms with E-state index in [1.165, 1.54) is 47.3 Å². The maximum absolute atomic E-state index is 2.52. The Labute approximate surface area is 259 Å². The summed E-state index contributed by atoms with van der Waals surface area (Å²) in [5.41, 5.74) is 6.90. The van der Waals surface area contributed by atoms with Crippen LogP contribution in [0.3, 0.4) is 0 Å². The normalized spacial score (nSPS) is 12.7. The molecular formula is C33H31Cl3SiTi. The smallest absolute Gasteiger partial charge is 1.00 e. The summed E-state index contributed by atoms with van der Waals surface area (Å²) in [6.45, 7) is 6.69. The van der Waals surface area contributed by atoms with Crippen LogP contribution in [0.25, 0.3) is 0 Å². The van der Waals surface area contributed by atoms with Crippen LogP contribution in [0.15, 0.2) is 124 Å². The zero-order valence-corrected chi connectivity index (χ0v) is 26.8. The molecule has 0 saturated carbocycles. The summed E-state index contributed by atoms with van der Waals surface area (Å²) < 4.78 is 1.44. The molecule has 1 aliphatic carbocycles. The molecule has 0 bridgehead atoms. The van der Waals surface area contributed by atoms with E-state index in [1.54, 1.807) is 5.20 Å². The fourth-order valence-corrected chi connectivity index (χ4v) is 11.9. The first-order valence-corrected chi connectivity index (χ1v) is 15.2. The molecule has 0 amide bonds. The van der Waals surface area contributed by atoms with Crippen LogP contribution < -0.4 is 52.8 Å². The van der Waals surface area contributed by atoms with E-state index in [9.17, 15) is 0 Å². The van der Waals surface area contributed by atoms with Crippen LogP contribution in [-0.2, 0) is 26.9 Å². The van der Waals surface area contributed by atoms with Gasteiger partial charge >= 0.3 is 224 Å². The van der Waals surface area contributed by atoms with Crippen LogP contribution in [0.5, 0.6) is 0 Å². The van der Waals surface area contributed by atoms with E-state index >= 15 is 0 Å². The molecule has 4 aromatic carbocycles. The molecule has 192 valence electrons. The van der Waals surface area contributed by atoms with Gasteiger partial charge in [-0.2, -0.15) is 0 Å². The van der Waals surface area contributed by atoms with Gasteiger partial charge in [0.2, 0.25) is 0 Å². The van der Waals surface area contributed by atoms with Gasteiger partial charge in [0.15, 0.2) is 0 Å². The maximum Gasteiger partial charge on any atom is -1.00 e. The minimum atomic E-state index is -2.52. The van der Waals surface area contributed by atoms with Crippen LogP contribution in [0, 0.1) is 20.8 Å². The van der Waals surface area contributed by atoms with Gasteiger partial charge in [-0.1, -0.05) is 0 Å². The molecule has 4 aromatic rings. The van der Waals surface area contributed by atoms with Crippen molar-refractivity contribution in [2.45, 2.75) is 33.6 Å². The van der Waals surface area contributed by atoms with E-state index in [0.717, 1.165) is 12.8 Å². The summed E-state index contributed by atoms with van der Waals surface area (Å²) in [6, 6.07) is 39.0. The van der Waals surface area contributed by atoms with Crippen LogP contribution in [0.2, 0.25) is 0 Å². The molecule has 0 spiro atoms. The van der Waals surface area contributed by atoms with Gasteiger partial charge in [-0.05, 0) is 0 Å². The van der Waals surface area contributed by atoms with E-state index in [1.807, 2.05) is 0 Å². The van der Waals surface area contributed by atoms with Gasteiger partial charge in [-0.3, -0.25) is 0 Å². The number of halogens is 3. The predicted octanol–water partition coefficient (Wildman–Crippen LogP) is -2.99. The van der Waals surface area contributed by atoms with E-state index in [4.69, 9.17) is 0 Å². The zero-order valence-electron chi connectivity index (χ0n) is 21.9. The average molecular weight is 610 g/mol. The standard InChI is InChI=1S/C33H31Si.3ClH.Ti/c1-25-11-7-17-30(21-25)34(31-18-8-12-26(2)22-31,32-19-9-13-27(3)23-32)33-20-10-16-29(33)24-28-14-5-4-6-15-28;;;;/h4-15,17-19,21-23H,20,24H2,1-3H3;3*1H;/q;;;;+3/p-3. The Morgan fingerprint density at radius 3 is 1.47 bits per heavy atom. The molecule has 0 unspecified atom stereocenters.